The van der Waals surface area contributed by atoms with Gasteiger partial charge in [-0.15, -0.1) is 0 Å². The van der Waals surface area contributed by atoms with Gasteiger partial charge in [-0.2, -0.15) is 0 Å². The minimum absolute atomic E-state index is 0.344. The topological polar surface area (TPSA) is 37.3 Å². The smallest absolute Gasteiger partial charge is 0.303 e. The third-order valence-electron chi connectivity index (χ3n) is 5.20. The highest BCUT2D eigenvalue weighted by Gasteiger charge is 1.96. The van der Waals surface area contributed by atoms with Gasteiger partial charge in [-0.3, -0.25) is 4.79 Å². The van der Waals surface area contributed by atoms with E-state index in [0.717, 1.165) is 12.8 Å². The minimum atomic E-state index is -0.657. The van der Waals surface area contributed by atoms with E-state index in [1.54, 1.807) is 0 Å². The molecule has 2 nitrogen and oxygen atoms in total. The fourth-order valence-electron chi connectivity index (χ4n) is 3.32. The van der Waals surface area contributed by atoms with Gasteiger partial charge in [0.2, 0.25) is 0 Å². The zero-order valence-corrected chi connectivity index (χ0v) is 19.2. The second kappa shape index (κ2) is 27.7. The molecule has 0 fully saturated rings. The first kappa shape index (κ1) is 28.7. The van der Waals surface area contributed by atoms with E-state index in [1.807, 2.05) is 0 Å². The molecular formula is C25H52O2. The molecule has 0 saturated carbocycles. The van der Waals surface area contributed by atoms with Gasteiger partial charge in [0, 0.05) is 6.42 Å². The maximum absolute atomic E-state index is 10.3. The average Bonchev–Trinajstić information content (AvgIpc) is 2.66. The number of carboxylic acids is 1. The molecule has 0 aromatic rings. The molecular weight excluding hydrogens is 332 g/mol. The Balaban J connectivity index is 0. The molecule has 0 radical (unpaired) electrons. The first-order valence-electron chi connectivity index (χ1n) is 12.4. The van der Waals surface area contributed by atoms with E-state index >= 15 is 0 Å². The molecule has 0 aromatic heterocycles. The van der Waals surface area contributed by atoms with Crippen LogP contribution in [0.4, 0.5) is 0 Å². The lowest BCUT2D eigenvalue weighted by Gasteiger charge is -2.01. The van der Waals surface area contributed by atoms with Crippen molar-refractivity contribution in [3.05, 3.63) is 0 Å². The maximum Gasteiger partial charge on any atom is 0.303 e. The van der Waals surface area contributed by atoms with Crippen LogP contribution < -0.4 is 0 Å². The SMILES string of the molecule is CCCCCCCCCCC.CCCCCCCCCCCCCC(=O)O. The lowest BCUT2D eigenvalue weighted by Crippen LogP contribution is -1.93. The van der Waals surface area contributed by atoms with Gasteiger partial charge >= 0.3 is 5.97 Å². The van der Waals surface area contributed by atoms with E-state index < -0.39 is 5.97 Å². The van der Waals surface area contributed by atoms with Gasteiger partial charge in [0.1, 0.15) is 0 Å². The van der Waals surface area contributed by atoms with Crippen molar-refractivity contribution in [2.24, 2.45) is 0 Å². The molecule has 0 aliphatic rings. The van der Waals surface area contributed by atoms with Crippen molar-refractivity contribution < 1.29 is 9.90 Å². The Bertz CT molecular complexity index is 255. The summed E-state index contributed by atoms with van der Waals surface area (Å²) in [4.78, 5) is 10.3. The third kappa shape index (κ3) is 33.5. The molecule has 0 heterocycles. The molecule has 0 spiro atoms. The molecule has 2 heteroatoms. The Hall–Kier alpha value is -0.530. The summed E-state index contributed by atoms with van der Waals surface area (Å²) in [6.45, 7) is 6.80. The Kier molecular flexibility index (Phi) is 29.4. The van der Waals surface area contributed by atoms with E-state index in [-0.39, 0.29) is 0 Å². The molecule has 1 N–H and O–H groups in total. The number of hydrogen-bond acceptors (Lipinski definition) is 1. The first-order chi connectivity index (χ1) is 13.2. The van der Waals surface area contributed by atoms with Crippen LogP contribution in [0.3, 0.4) is 0 Å². The molecule has 27 heavy (non-hydrogen) atoms. The Morgan fingerprint density at radius 2 is 0.667 bits per heavy atom. The number of carboxylic acid groups (broad SMARTS) is 1. The zero-order chi connectivity index (χ0) is 20.4. The van der Waals surface area contributed by atoms with Crippen LogP contribution in [-0.4, -0.2) is 11.1 Å². The summed E-state index contributed by atoms with van der Waals surface area (Å²) in [5, 5.41) is 8.46. The second-order valence-corrected chi connectivity index (χ2v) is 8.15. The molecule has 0 aliphatic heterocycles. The van der Waals surface area contributed by atoms with Crippen LogP contribution in [0.15, 0.2) is 0 Å². The van der Waals surface area contributed by atoms with Gasteiger partial charge in [0.15, 0.2) is 0 Å². The monoisotopic (exact) mass is 384 g/mol. The number of aliphatic carboxylic acids is 1. The van der Waals surface area contributed by atoms with Gasteiger partial charge in [-0.1, -0.05) is 143 Å². The van der Waals surface area contributed by atoms with Crippen molar-refractivity contribution >= 4 is 5.97 Å². The van der Waals surface area contributed by atoms with Crippen LogP contribution in [0.25, 0.3) is 0 Å². The van der Waals surface area contributed by atoms with Crippen molar-refractivity contribution in [3.8, 4) is 0 Å². The van der Waals surface area contributed by atoms with Gasteiger partial charge in [-0.05, 0) is 6.42 Å². The quantitative estimate of drug-likeness (QED) is 0.212. The molecule has 0 amide bonds. The molecule has 0 unspecified atom stereocenters. The van der Waals surface area contributed by atoms with E-state index in [2.05, 4.69) is 20.8 Å². The predicted octanol–water partition coefficient (Wildman–Crippen LogP) is 9.31. The van der Waals surface area contributed by atoms with Crippen molar-refractivity contribution in [3.63, 3.8) is 0 Å². The lowest BCUT2D eigenvalue weighted by atomic mass is 10.1. The van der Waals surface area contributed by atoms with Gasteiger partial charge < -0.3 is 5.11 Å². The Morgan fingerprint density at radius 3 is 0.889 bits per heavy atom. The van der Waals surface area contributed by atoms with E-state index in [0.29, 0.717) is 6.42 Å². The molecule has 0 atom stereocenters. The fourth-order valence-corrected chi connectivity index (χ4v) is 3.32. The summed E-state index contributed by atoms with van der Waals surface area (Å²) in [6, 6.07) is 0. The molecule has 164 valence electrons. The number of carbonyl (C=O) groups is 1. The highest BCUT2D eigenvalue weighted by atomic mass is 16.4. The highest BCUT2D eigenvalue weighted by Crippen LogP contribution is 2.12. The Morgan fingerprint density at radius 1 is 0.444 bits per heavy atom. The van der Waals surface area contributed by atoms with E-state index in [4.69, 9.17) is 5.11 Å². The van der Waals surface area contributed by atoms with E-state index in [1.165, 1.54) is 116 Å². The molecule has 0 rings (SSSR count). The number of rotatable bonds is 20. The second-order valence-electron chi connectivity index (χ2n) is 8.15. The molecule has 0 saturated heterocycles. The van der Waals surface area contributed by atoms with Gasteiger partial charge in [0.25, 0.3) is 0 Å². The summed E-state index contributed by atoms with van der Waals surface area (Å²) in [6.07, 6.45) is 27.3. The normalized spacial score (nSPS) is 10.5. The summed E-state index contributed by atoms with van der Waals surface area (Å²) >= 11 is 0. The minimum Gasteiger partial charge on any atom is -0.481 e. The summed E-state index contributed by atoms with van der Waals surface area (Å²) in [5.41, 5.74) is 0. The van der Waals surface area contributed by atoms with Gasteiger partial charge in [-0.25, -0.2) is 0 Å². The van der Waals surface area contributed by atoms with Crippen molar-refractivity contribution in [2.45, 2.75) is 156 Å². The average molecular weight is 385 g/mol. The van der Waals surface area contributed by atoms with Crippen molar-refractivity contribution in [2.75, 3.05) is 0 Å². The first-order valence-corrected chi connectivity index (χ1v) is 12.4. The standard InChI is InChI=1S/C14H28O2.C11H24/c1-2-3-4-5-6-7-8-9-10-11-12-13-14(15)16;1-3-5-7-9-11-10-8-6-4-2/h2-13H2,1H3,(H,15,16);3-11H2,1-2H3. The number of unbranched alkanes of at least 4 members (excludes halogenated alkanes) is 18. The number of hydrogen-bond donors (Lipinski definition) is 1. The van der Waals surface area contributed by atoms with Gasteiger partial charge in [0.05, 0.1) is 0 Å². The van der Waals surface area contributed by atoms with Crippen LogP contribution in [0, 0.1) is 0 Å². The van der Waals surface area contributed by atoms with Crippen molar-refractivity contribution in [1.29, 1.82) is 0 Å². The van der Waals surface area contributed by atoms with Crippen molar-refractivity contribution in [1.82, 2.24) is 0 Å². The van der Waals surface area contributed by atoms with Crippen LogP contribution in [-0.2, 0) is 4.79 Å². The predicted molar refractivity (Wildman–Crippen MR) is 122 cm³/mol. The lowest BCUT2D eigenvalue weighted by molar-refractivity contribution is -0.137. The third-order valence-corrected chi connectivity index (χ3v) is 5.20. The molecule has 0 aliphatic carbocycles. The Labute approximate surface area is 171 Å². The largest absolute Gasteiger partial charge is 0.481 e. The van der Waals surface area contributed by atoms with E-state index in [9.17, 15) is 4.79 Å². The fraction of sp³-hybridized carbons (Fsp3) is 0.960. The molecule has 0 bridgehead atoms. The maximum atomic E-state index is 10.3. The summed E-state index contributed by atoms with van der Waals surface area (Å²) < 4.78 is 0. The molecule has 0 aromatic carbocycles. The van der Waals surface area contributed by atoms with Crippen LogP contribution in [0.1, 0.15) is 156 Å². The van der Waals surface area contributed by atoms with Crippen LogP contribution in [0.5, 0.6) is 0 Å². The zero-order valence-electron chi connectivity index (χ0n) is 19.2. The van der Waals surface area contributed by atoms with Crippen LogP contribution in [0.2, 0.25) is 0 Å². The summed E-state index contributed by atoms with van der Waals surface area (Å²) in [5.74, 6) is -0.657. The summed E-state index contributed by atoms with van der Waals surface area (Å²) in [7, 11) is 0. The highest BCUT2D eigenvalue weighted by molar-refractivity contribution is 5.66. The van der Waals surface area contributed by atoms with Crippen LogP contribution >= 0.6 is 0 Å².